The summed E-state index contributed by atoms with van der Waals surface area (Å²) in [5, 5.41) is 5.84. The third kappa shape index (κ3) is 4.92. The Labute approximate surface area is 156 Å². The fourth-order valence-electron chi connectivity index (χ4n) is 2.72. The fraction of sp³-hybridized carbons (Fsp3) is 0.316. The number of rotatable bonds is 6. The van der Waals surface area contributed by atoms with E-state index in [4.69, 9.17) is 4.74 Å². The average molecular weight is 371 g/mol. The lowest BCUT2D eigenvalue weighted by Crippen LogP contribution is -2.35. The molecule has 0 spiro atoms. The lowest BCUT2D eigenvalue weighted by molar-refractivity contribution is -0.126. The molecule has 1 fully saturated rings. The monoisotopic (exact) mass is 371 g/mol. The number of hydrogen-bond acceptors (Lipinski definition) is 5. The third-order valence-corrected chi connectivity index (χ3v) is 4.85. The van der Waals surface area contributed by atoms with Crippen LogP contribution >= 0.6 is 11.3 Å². The second kappa shape index (κ2) is 8.14. The summed E-state index contributed by atoms with van der Waals surface area (Å²) in [5.74, 6) is 0.572. The Morgan fingerprint density at radius 3 is 3.04 bits per heavy atom. The highest BCUT2D eigenvalue weighted by Gasteiger charge is 2.27. The molecule has 0 unspecified atom stereocenters. The first-order valence-electron chi connectivity index (χ1n) is 8.36. The predicted molar refractivity (Wildman–Crippen MR) is 101 cm³/mol. The molecule has 2 aromatic rings. The number of likely N-dealkylation sites (N-methyl/N-ethyl adjacent to an activating group) is 1. The number of benzene rings is 1. The lowest BCUT2D eigenvalue weighted by Gasteiger charge is -2.10. The molecule has 0 bridgehead atoms. The molecule has 0 aliphatic carbocycles. The van der Waals surface area contributed by atoms with Crippen molar-refractivity contribution < 1.29 is 14.3 Å². The maximum absolute atomic E-state index is 12.0. The summed E-state index contributed by atoms with van der Waals surface area (Å²) in [4.78, 5) is 29.5. The number of hydrogen-bond donors (Lipinski definition) is 1. The van der Waals surface area contributed by atoms with Gasteiger partial charge in [0.15, 0.2) is 0 Å². The van der Waals surface area contributed by atoms with Crippen molar-refractivity contribution in [3.63, 3.8) is 0 Å². The van der Waals surface area contributed by atoms with Crippen molar-refractivity contribution in [2.24, 2.45) is 0 Å². The number of thiazole rings is 1. The van der Waals surface area contributed by atoms with Gasteiger partial charge in [-0.3, -0.25) is 9.59 Å². The second-order valence-electron chi connectivity index (χ2n) is 6.24. The zero-order valence-corrected chi connectivity index (χ0v) is 15.6. The number of carbonyl (C=O) groups excluding carboxylic acids is 2. The molecule has 2 heterocycles. The predicted octanol–water partition coefficient (Wildman–Crippen LogP) is 2.39. The van der Waals surface area contributed by atoms with Gasteiger partial charge in [-0.05, 0) is 30.7 Å². The van der Waals surface area contributed by atoms with Crippen LogP contribution in [0.5, 0.6) is 5.75 Å². The summed E-state index contributed by atoms with van der Waals surface area (Å²) >= 11 is 1.60. The Kier molecular flexibility index (Phi) is 5.68. The van der Waals surface area contributed by atoms with Gasteiger partial charge in [-0.2, -0.15) is 0 Å². The van der Waals surface area contributed by atoms with E-state index in [1.54, 1.807) is 29.4 Å². The van der Waals surface area contributed by atoms with Crippen LogP contribution < -0.4 is 10.1 Å². The van der Waals surface area contributed by atoms with Gasteiger partial charge in [0.2, 0.25) is 11.8 Å². The van der Waals surface area contributed by atoms with Gasteiger partial charge in [-0.1, -0.05) is 12.1 Å². The Balaban J connectivity index is 1.53. The number of aryl methyl sites for hydroxylation is 1. The van der Waals surface area contributed by atoms with Crippen molar-refractivity contribution in [1.82, 2.24) is 15.2 Å². The highest BCUT2D eigenvalue weighted by Crippen LogP contribution is 2.17. The SMILES string of the molecule is Cc1nc(COc2cccc(/C=C\C(=O)N[C@H]3CC(=O)N(C)C3)c2)cs1. The number of likely N-dealkylation sites (tertiary alicyclic amines) is 1. The van der Waals surface area contributed by atoms with E-state index in [2.05, 4.69) is 10.3 Å². The van der Waals surface area contributed by atoms with Crippen molar-refractivity contribution in [2.75, 3.05) is 13.6 Å². The summed E-state index contributed by atoms with van der Waals surface area (Å²) in [6.07, 6.45) is 3.57. The first kappa shape index (κ1) is 18.1. The zero-order valence-electron chi connectivity index (χ0n) is 14.8. The lowest BCUT2D eigenvalue weighted by atomic mass is 10.2. The molecule has 1 aliphatic rings. The van der Waals surface area contributed by atoms with E-state index >= 15 is 0 Å². The maximum atomic E-state index is 12.0. The van der Waals surface area contributed by atoms with Crippen molar-refractivity contribution >= 4 is 29.2 Å². The minimum Gasteiger partial charge on any atom is -0.487 e. The summed E-state index contributed by atoms with van der Waals surface area (Å²) < 4.78 is 5.75. The molecular weight excluding hydrogens is 350 g/mol. The van der Waals surface area contributed by atoms with Gasteiger partial charge in [-0.25, -0.2) is 4.98 Å². The minimum atomic E-state index is -0.206. The molecule has 0 saturated carbocycles. The first-order valence-corrected chi connectivity index (χ1v) is 9.24. The standard InChI is InChI=1S/C19H21N3O3S/c1-13-20-16(12-26-13)11-25-17-5-3-4-14(8-17)6-7-18(23)21-15-9-19(24)22(2)10-15/h3-8,12,15H,9-11H2,1-2H3,(H,21,23)/b7-6-/t15-/m0/s1. The van der Waals surface area contributed by atoms with Crippen LogP contribution in [0.1, 0.15) is 22.7 Å². The Morgan fingerprint density at radius 2 is 2.35 bits per heavy atom. The van der Waals surface area contributed by atoms with Crippen LogP contribution in [0.4, 0.5) is 0 Å². The third-order valence-electron chi connectivity index (χ3n) is 4.03. The van der Waals surface area contributed by atoms with E-state index in [1.165, 1.54) is 6.08 Å². The quantitative estimate of drug-likeness (QED) is 0.792. The van der Waals surface area contributed by atoms with Gasteiger partial charge >= 0.3 is 0 Å². The van der Waals surface area contributed by atoms with E-state index in [9.17, 15) is 9.59 Å². The van der Waals surface area contributed by atoms with Gasteiger partial charge in [0.05, 0.1) is 16.7 Å². The largest absolute Gasteiger partial charge is 0.487 e. The molecule has 6 nitrogen and oxygen atoms in total. The van der Waals surface area contributed by atoms with Gasteiger partial charge in [0.25, 0.3) is 0 Å². The molecule has 2 amide bonds. The molecule has 3 rings (SSSR count). The number of carbonyl (C=O) groups is 2. The molecule has 26 heavy (non-hydrogen) atoms. The molecule has 1 aromatic heterocycles. The van der Waals surface area contributed by atoms with E-state index in [0.29, 0.717) is 19.6 Å². The second-order valence-corrected chi connectivity index (χ2v) is 7.30. The maximum Gasteiger partial charge on any atom is 0.244 e. The molecule has 7 heteroatoms. The summed E-state index contributed by atoms with van der Waals surface area (Å²) in [6, 6.07) is 7.40. The number of aromatic nitrogens is 1. The van der Waals surface area contributed by atoms with Gasteiger partial charge in [0.1, 0.15) is 12.4 Å². The fourth-order valence-corrected chi connectivity index (χ4v) is 3.32. The van der Waals surface area contributed by atoms with Crippen LogP contribution in [-0.2, 0) is 16.2 Å². The van der Waals surface area contributed by atoms with E-state index < -0.39 is 0 Å². The smallest absolute Gasteiger partial charge is 0.244 e. The van der Waals surface area contributed by atoms with Crippen molar-refractivity contribution in [1.29, 1.82) is 0 Å². The first-order chi connectivity index (χ1) is 12.5. The molecular formula is C19H21N3O3S. The van der Waals surface area contributed by atoms with Crippen molar-refractivity contribution in [3.05, 3.63) is 52.0 Å². The molecule has 1 atom stereocenters. The Bertz CT molecular complexity index is 831. The normalized spacial score (nSPS) is 17.1. The van der Waals surface area contributed by atoms with Crippen LogP contribution in [0.25, 0.3) is 6.08 Å². The van der Waals surface area contributed by atoms with Crippen LogP contribution in [-0.4, -0.2) is 41.3 Å². The van der Waals surface area contributed by atoms with E-state index in [1.807, 2.05) is 36.6 Å². The van der Waals surface area contributed by atoms with Crippen LogP contribution in [0.3, 0.4) is 0 Å². The van der Waals surface area contributed by atoms with Crippen LogP contribution in [0, 0.1) is 6.92 Å². The zero-order chi connectivity index (χ0) is 18.5. The van der Waals surface area contributed by atoms with E-state index in [-0.39, 0.29) is 17.9 Å². The highest BCUT2D eigenvalue weighted by atomic mass is 32.1. The molecule has 1 aliphatic heterocycles. The Morgan fingerprint density at radius 1 is 1.50 bits per heavy atom. The van der Waals surface area contributed by atoms with Crippen LogP contribution in [0.15, 0.2) is 35.7 Å². The topological polar surface area (TPSA) is 71.5 Å². The Hall–Kier alpha value is -2.67. The molecule has 1 saturated heterocycles. The number of ether oxygens (including phenoxy) is 1. The molecule has 1 N–H and O–H groups in total. The van der Waals surface area contributed by atoms with Crippen molar-refractivity contribution in [3.8, 4) is 5.75 Å². The summed E-state index contributed by atoms with van der Waals surface area (Å²) in [7, 11) is 1.74. The number of nitrogens with zero attached hydrogens (tertiary/aromatic N) is 2. The van der Waals surface area contributed by atoms with Gasteiger partial charge in [-0.15, -0.1) is 11.3 Å². The number of amides is 2. The minimum absolute atomic E-state index is 0.0550. The van der Waals surface area contributed by atoms with Gasteiger partial charge in [0, 0.05) is 31.5 Å². The molecule has 1 aromatic carbocycles. The van der Waals surface area contributed by atoms with Crippen LogP contribution in [0.2, 0.25) is 0 Å². The van der Waals surface area contributed by atoms with Crippen molar-refractivity contribution in [2.45, 2.75) is 26.0 Å². The van der Waals surface area contributed by atoms with E-state index in [0.717, 1.165) is 22.0 Å². The summed E-state index contributed by atoms with van der Waals surface area (Å²) in [6.45, 7) is 2.93. The molecule has 136 valence electrons. The average Bonchev–Trinajstić information content (AvgIpc) is 3.17. The molecule has 0 radical (unpaired) electrons. The summed E-state index contributed by atoms with van der Waals surface area (Å²) in [5.41, 5.74) is 1.77. The number of nitrogens with one attached hydrogen (secondary N) is 1. The van der Waals surface area contributed by atoms with Gasteiger partial charge < -0.3 is 15.0 Å². The highest BCUT2D eigenvalue weighted by molar-refractivity contribution is 7.09.